The Kier molecular flexibility index (Phi) is 6.60. The van der Waals surface area contributed by atoms with Gasteiger partial charge in [-0.05, 0) is 5.56 Å². The fourth-order valence-electron chi connectivity index (χ4n) is 0.870. The summed E-state index contributed by atoms with van der Waals surface area (Å²) in [5, 5.41) is 2.57. The first-order chi connectivity index (χ1) is 6.33. The Morgan fingerprint density at radius 3 is 2.23 bits per heavy atom. The van der Waals surface area contributed by atoms with E-state index in [2.05, 4.69) is 5.32 Å². The fourth-order valence-corrected chi connectivity index (χ4v) is 0.870. The van der Waals surface area contributed by atoms with E-state index >= 15 is 0 Å². The highest BCUT2D eigenvalue weighted by Crippen LogP contribution is 1.98. The van der Waals surface area contributed by atoms with E-state index in [1.807, 2.05) is 44.2 Å². The van der Waals surface area contributed by atoms with Gasteiger partial charge >= 0.3 is 0 Å². The van der Waals surface area contributed by atoms with Gasteiger partial charge in [0.2, 0.25) is 5.91 Å². The highest BCUT2D eigenvalue weighted by atomic mass is 16.1. The smallest absolute Gasteiger partial charge is 0.224 e. The van der Waals surface area contributed by atoms with E-state index in [9.17, 15) is 4.79 Å². The Morgan fingerprint density at radius 2 is 1.77 bits per heavy atom. The second-order valence-electron chi connectivity index (χ2n) is 2.34. The normalized spacial score (nSPS) is 8.23. The van der Waals surface area contributed by atoms with Crippen molar-refractivity contribution in [1.82, 2.24) is 5.32 Å². The molecule has 0 spiro atoms. The predicted octanol–water partition coefficient (Wildman–Crippen LogP) is 2.00. The summed E-state index contributed by atoms with van der Waals surface area (Å²) in [4.78, 5) is 10.9. The van der Waals surface area contributed by atoms with Crippen LogP contribution in [0.15, 0.2) is 30.3 Å². The third-order valence-corrected chi connectivity index (χ3v) is 1.49. The van der Waals surface area contributed by atoms with Crippen LogP contribution in [0.1, 0.15) is 19.4 Å². The molecule has 13 heavy (non-hydrogen) atoms. The van der Waals surface area contributed by atoms with Gasteiger partial charge < -0.3 is 5.32 Å². The summed E-state index contributed by atoms with van der Waals surface area (Å²) in [6.07, 6.45) is 0.470. The maximum atomic E-state index is 10.9. The van der Waals surface area contributed by atoms with Crippen molar-refractivity contribution in [1.29, 1.82) is 0 Å². The number of carbonyl (C=O) groups excluding carboxylic acids is 1. The Morgan fingerprint density at radius 1 is 1.23 bits per heavy atom. The van der Waals surface area contributed by atoms with Crippen molar-refractivity contribution in [3.05, 3.63) is 35.9 Å². The van der Waals surface area contributed by atoms with E-state index in [-0.39, 0.29) is 5.91 Å². The van der Waals surface area contributed by atoms with Gasteiger partial charge in [-0.3, -0.25) is 4.79 Å². The Bertz CT molecular complexity index is 231. The number of benzene rings is 1. The standard InChI is InChI=1S/C9H11NO.C2H6/c1-10-9(11)7-8-5-3-2-4-6-8;1-2/h2-6H,7H2,1H3,(H,10,11);1-2H3. The number of rotatable bonds is 2. The summed E-state index contributed by atoms with van der Waals surface area (Å²) in [6, 6.07) is 9.67. The molecule has 0 aliphatic rings. The zero-order chi connectivity index (χ0) is 10.1. The predicted molar refractivity (Wildman–Crippen MR) is 55.6 cm³/mol. The number of likely N-dealkylation sites (N-methyl/N-ethyl adjacent to an activating group) is 1. The second kappa shape index (κ2) is 7.35. The van der Waals surface area contributed by atoms with Crippen LogP contribution in [-0.2, 0) is 11.2 Å². The summed E-state index contributed by atoms with van der Waals surface area (Å²) in [5.74, 6) is 0.0520. The summed E-state index contributed by atoms with van der Waals surface area (Å²) in [5.41, 5.74) is 1.05. The lowest BCUT2D eigenvalue weighted by Gasteiger charge is -1.98. The van der Waals surface area contributed by atoms with Gasteiger partial charge in [0, 0.05) is 7.05 Å². The van der Waals surface area contributed by atoms with Crippen LogP contribution in [0, 0.1) is 0 Å². The van der Waals surface area contributed by atoms with E-state index in [4.69, 9.17) is 0 Å². The molecular formula is C11H17NO. The van der Waals surface area contributed by atoms with Crippen molar-refractivity contribution >= 4 is 5.91 Å². The van der Waals surface area contributed by atoms with Gasteiger partial charge in [0.25, 0.3) is 0 Å². The molecule has 72 valence electrons. The molecule has 0 saturated carbocycles. The maximum absolute atomic E-state index is 10.9. The van der Waals surface area contributed by atoms with Crippen LogP contribution in [0.4, 0.5) is 0 Å². The highest BCUT2D eigenvalue weighted by molar-refractivity contribution is 5.78. The Labute approximate surface area is 80.0 Å². The molecule has 0 atom stereocenters. The molecule has 2 heteroatoms. The van der Waals surface area contributed by atoms with E-state index in [0.29, 0.717) is 6.42 Å². The van der Waals surface area contributed by atoms with Gasteiger partial charge in [0.15, 0.2) is 0 Å². The topological polar surface area (TPSA) is 29.1 Å². The summed E-state index contributed by atoms with van der Waals surface area (Å²) >= 11 is 0. The number of nitrogens with one attached hydrogen (secondary N) is 1. The van der Waals surface area contributed by atoms with Crippen molar-refractivity contribution < 1.29 is 4.79 Å². The monoisotopic (exact) mass is 179 g/mol. The molecule has 0 aromatic heterocycles. The number of carbonyl (C=O) groups is 1. The van der Waals surface area contributed by atoms with Crippen molar-refractivity contribution in [2.45, 2.75) is 20.3 Å². The van der Waals surface area contributed by atoms with Gasteiger partial charge in [0.05, 0.1) is 6.42 Å². The minimum atomic E-state index is 0.0520. The molecule has 1 aromatic rings. The van der Waals surface area contributed by atoms with Crippen LogP contribution in [0.3, 0.4) is 0 Å². The van der Waals surface area contributed by atoms with Crippen LogP contribution in [-0.4, -0.2) is 13.0 Å². The maximum Gasteiger partial charge on any atom is 0.224 e. The molecule has 0 bridgehead atoms. The summed E-state index contributed by atoms with van der Waals surface area (Å²) < 4.78 is 0. The molecule has 0 aliphatic carbocycles. The lowest BCUT2D eigenvalue weighted by atomic mass is 10.1. The number of hydrogen-bond donors (Lipinski definition) is 1. The average Bonchev–Trinajstić information content (AvgIpc) is 2.22. The Balaban J connectivity index is 0.000000671. The van der Waals surface area contributed by atoms with Crippen LogP contribution in [0.5, 0.6) is 0 Å². The summed E-state index contributed by atoms with van der Waals surface area (Å²) in [6.45, 7) is 4.00. The van der Waals surface area contributed by atoms with Gasteiger partial charge in [-0.2, -0.15) is 0 Å². The average molecular weight is 179 g/mol. The van der Waals surface area contributed by atoms with Gasteiger partial charge in [-0.15, -0.1) is 0 Å². The van der Waals surface area contributed by atoms with Gasteiger partial charge in [-0.1, -0.05) is 44.2 Å². The van der Waals surface area contributed by atoms with E-state index in [1.165, 1.54) is 0 Å². The minimum Gasteiger partial charge on any atom is -0.359 e. The van der Waals surface area contributed by atoms with Crippen molar-refractivity contribution in [2.24, 2.45) is 0 Å². The zero-order valence-electron chi connectivity index (χ0n) is 8.50. The third-order valence-electron chi connectivity index (χ3n) is 1.49. The number of amides is 1. The zero-order valence-corrected chi connectivity index (χ0v) is 8.50. The van der Waals surface area contributed by atoms with Crippen LogP contribution < -0.4 is 5.32 Å². The van der Waals surface area contributed by atoms with E-state index in [1.54, 1.807) is 7.05 Å². The molecule has 1 N–H and O–H groups in total. The lowest BCUT2D eigenvalue weighted by Crippen LogP contribution is -2.19. The number of hydrogen-bond acceptors (Lipinski definition) is 1. The SMILES string of the molecule is CC.CNC(=O)Cc1ccccc1. The van der Waals surface area contributed by atoms with E-state index in [0.717, 1.165) is 5.56 Å². The molecular weight excluding hydrogens is 162 g/mol. The van der Waals surface area contributed by atoms with Crippen molar-refractivity contribution in [2.75, 3.05) is 7.05 Å². The van der Waals surface area contributed by atoms with Gasteiger partial charge in [-0.25, -0.2) is 0 Å². The first-order valence-electron chi connectivity index (χ1n) is 4.57. The van der Waals surface area contributed by atoms with Crippen LogP contribution in [0.2, 0.25) is 0 Å². The molecule has 2 nitrogen and oxygen atoms in total. The second-order valence-corrected chi connectivity index (χ2v) is 2.34. The molecule has 0 aliphatic heterocycles. The lowest BCUT2D eigenvalue weighted by molar-refractivity contribution is -0.119. The molecule has 0 heterocycles. The van der Waals surface area contributed by atoms with E-state index < -0.39 is 0 Å². The highest BCUT2D eigenvalue weighted by Gasteiger charge is 1.97. The molecule has 0 unspecified atom stereocenters. The van der Waals surface area contributed by atoms with Gasteiger partial charge in [0.1, 0.15) is 0 Å². The van der Waals surface area contributed by atoms with Crippen LogP contribution in [0.25, 0.3) is 0 Å². The Hall–Kier alpha value is -1.31. The van der Waals surface area contributed by atoms with Crippen molar-refractivity contribution in [3.8, 4) is 0 Å². The van der Waals surface area contributed by atoms with Crippen LogP contribution >= 0.6 is 0 Å². The largest absolute Gasteiger partial charge is 0.359 e. The fraction of sp³-hybridized carbons (Fsp3) is 0.364. The molecule has 1 rings (SSSR count). The first-order valence-corrected chi connectivity index (χ1v) is 4.57. The molecule has 0 fully saturated rings. The third kappa shape index (κ3) is 5.01. The molecule has 1 aromatic carbocycles. The minimum absolute atomic E-state index is 0.0520. The van der Waals surface area contributed by atoms with Crippen molar-refractivity contribution in [3.63, 3.8) is 0 Å². The molecule has 0 saturated heterocycles. The summed E-state index contributed by atoms with van der Waals surface area (Å²) in [7, 11) is 1.64. The molecule has 1 amide bonds. The quantitative estimate of drug-likeness (QED) is 0.739. The molecule has 0 radical (unpaired) electrons. The first kappa shape index (κ1) is 11.7.